The van der Waals surface area contributed by atoms with Gasteiger partial charge in [0.2, 0.25) is 0 Å². The van der Waals surface area contributed by atoms with Crippen LogP contribution in [0.3, 0.4) is 0 Å². The molecule has 0 heterocycles. The maximum atomic E-state index is 5.03. The lowest BCUT2D eigenvalue weighted by atomic mass is 10.4. The van der Waals surface area contributed by atoms with E-state index in [0.29, 0.717) is 4.11 Å². The summed E-state index contributed by atoms with van der Waals surface area (Å²) in [4.78, 5) is 0. The highest BCUT2D eigenvalue weighted by molar-refractivity contribution is 14.1. The minimum atomic E-state index is 0.315. The first kappa shape index (κ1) is 8.27. The second-order valence-electron chi connectivity index (χ2n) is 1.50. The second-order valence-corrected chi connectivity index (χ2v) is 2.89. The van der Waals surface area contributed by atoms with Crippen molar-refractivity contribution in [3.05, 3.63) is 12.8 Å². The Balaban J connectivity index is 3.03. The number of hydrogen-bond donors (Lipinski definition) is 0. The summed E-state index contributed by atoms with van der Waals surface area (Å²) in [6.45, 7) is 5.59. The van der Waals surface area contributed by atoms with Gasteiger partial charge in [-0.3, -0.25) is 0 Å². The largest absolute Gasteiger partial charge is 0.488 e. The van der Waals surface area contributed by atoms with Crippen molar-refractivity contribution in [1.29, 1.82) is 0 Å². The Morgan fingerprint density at radius 2 is 2.50 bits per heavy atom. The fourth-order valence-corrected chi connectivity index (χ4v) is 1.23. The molecule has 8 heavy (non-hydrogen) atoms. The van der Waals surface area contributed by atoms with Crippen molar-refractivity contribution in [2.24, 2.45) is 0 Å². The standard InChI is InChI=1S/C6H11IO/c1-3-5-6(7)8-4-2/h4,6H,2-3,5H2,1H3. The highest BCUT2D eigenvalue weighted by Crippen LogP contribution is 2.09. The van der Waals surface area contributed by atoms with Crippen LogP contribution in [0.25, 0.3) is 0 Å². The molecule has 0 aromatic rings. The highest BCUT2D eigenvalue weighted by Gasteiger charge is 1.96. The molecule has 1 nitrogen and oxygen atoms in total. The van der Waals surface area contributed by atoms with Crippen molar-refractivity contribution < 1.29 is 4.74 Å². The van der Waals surface area contributed by atoms with E-state index in [1.165, 1.54) is 12.7 Å². The maximum absolute atomic E-state index is 5.03. The van der Waals surface area contributed by atoms with Crippen LogP contribution in [0.2, 0.25) is 0 Å². The molecular weight excluding hydrogens is 215 g/mol. The van der Waals surface area contributed by atoms with Crippen LogP contribution in [0.5, 0.6) is 0 Å². The van der Waals surface area contributed by atoms with E-state index in [1.807, 2.05) is 0 Å². The quantitative estimate of drug-likeness (QED) is 0.406. The summed E-state index contributed by atoms with van der Waals surface area (Å²) in [5, 5.41) is 0. The monoisotopic (exact) mass is 226 g/mol. The van der Waals surface area contributed by atoms with Crippen LogP contribution < -0.4 is 0 Å². The molecule has 0 radical (unpaired) electrons. The summed E-state index contributed by atoms with van der Waals surface area (Å²) in [5.74, 6) is 0. The third kappa shape index (κ3) is 4.43. The van der Waals surface area contributed by atoms with Gasteiger partial charge in [-0.05, 0) is 29.0 Å². The normalized spacial score (nSPS) is 12.8. The highest BCUT2D eigenvalue weighted by atomic mass is 127. The number of rotatable bonds is 4. The Hall–Kier alpha value is 0.270. The average molecular weight is 226 g/mol. The van der Waals surface area contributed by atoms with Crippen LogP contribution in [-0.2, 0) is 4.74 Å². The third-order valence-electron chi connectivity index (χ3n) is 0.760. The van der Waals surface area contributed by atoms with Crippen LogP contribution in [0, 0.1) is 0 Å². The summed E-state index contributed by atoms with van der Waals surface area (Å²) in [7, 11) is 0. The molecule has 0 rings (SSSR count). The summed E-state index contributed by atoms with van der Waals surface area (Å²) < 4.78 is 5.35. The predicted octanol–water partition coefficient (Wildman–Crippen LogP) is 2.71. The maximum Gasteiger partial charge on any atom is 0.148 e. The van der Waals surface area contributed by atoms with E-state index in [-0.39, 0.29) is 0 Å². The van der Waals surface area contributed by atoms with Gasteiger partial charge in [-0.15, -0.1) is 0 Å². The van der Waals surface area contributed by atoms with Gasteiger partial charge in [0.15, 0.2) is 0 Å². The van der Waals surface area contributed by atoms with Crippen LogP contribution in [0.15, 0.2) is 12.8 Å². The molecule has 0 amide bonds. The molecule has 0 spiro atoms. The van der Waals surface area contributed by atoms with E-state index in [9.17, 15) is 0 Å². The third-order valence-corrected chi connectivity index (χ3v) is 1.68. The first-order chi connectivity index (χ1) is 3.81. The van der Waals surface area contributed by atoms with E-state index in [4.69, 9.17) is 4.74 Å². The second kappa shape index (κ2) is 5.41. The van der Waals surface area contributed by atoms with Gasteiger partial charge in [-0.1, -0.05) is 19.9 Å². The van der Waals surface area contributed by atoms with Crippen molar-refractivity contribution in [2.45, 2.75) is 23.9 Å². The van der Waals surface area contributed by atoms with Crippen molar-refractivity contribution in [1.82, 2.24) is 0 Å². The van der Waals surface area contributed by atoms with E-state index < -0.39 is 0 Å². The zero-order valence-corrected chi connectivity index (χ0v) is 7.22. The van der Waals surface area contributed by atoms with E-state index in [1.54, 1.807) is 0 Å². The molecule has 0 aliphatic rings. The van der Waals surface area contributed by atoms with Crippen molar-refractivity contribution in [3.63, 3.8) is 0 Å². The van der Waals surface area contributed by atoms with Gasteiger partial charge in [0.25, 0.3) is 0 Å². The summed E-state index contributed by atoms with van der Waals surface area (Å²) in [6, 6.07) is 0. The van der Waals surface area contributed by atoms with Crippen LogP contribution in [-0.4, -0.2) is 4.11 Å². The lowest BCUT2D eigenvalue weighted by Gasteiger charge is -2.05. The predicted molar refractivity (Wildman–Crippen MR) is 44.0 cm³/mol. The fourth-order valence-electron chi connectivity index (χ4n) is 0.399. The molecule has 2 heteroatoms. The number of halogens is 1. The van der Waals surface area contributed by atoms with Crippen LogP contribution in [0.4, 0.5) is 0 Å². The van der Waals surface area contributed by atoms with Gasteiger partial charge < -0.3 is 4.74 Å². The SMILES string of the molecule is C=COC(I)CCC. The van der Waals surface area contributed by atoms with Gasteiger partial charge in [0, 0.05) is 0 Å². The molecule has 0 aliphatic carbocycles. The van der Waals surface area contributed by atoms with Crippen molar-refractivity contribution >= 4 is 22.6 Å². The topological polar surface area (TPSA) is 9.23 Å². The molecule has 0 aromatic carbocycles. The molecule has 1 atom stereocenters. The molecule has 0 saturated heterocycles. The first-order valence-electron chi connectivity index (χ1n) is 2.71. The molecule has 0 saturated carbocycles. The molecule has 0 aliphatic heterocycles. The number of alkyl halides is 1. The Labute approximate surface area is 64.2 Å². The molecule has 0 aromatic heterocycles. The molecule has 0 fully saturated rings. The van der Waals surface area contributed by atoms with Gasteiger partial charge in [-0.2, -0.15) is 0 Å². The molecular formula is C6H11IO. The minimum Gasteiger partial charge on any atom is -0.488 e. The zero-order valence-electron chi connectivity index (χ0n) is 5.06. The summed E-state index contributed by atoms with van der Waals surface area (Å²) >= 11 is 2.25. The molecule has 0 N–H and O–H groups in total. The van der Waals surface area contributed by atoms with E-state index in [0.717, 1.165) is 6.42 Å². The Bertz CT molecular complexity index is 63.5. The molecule has 0 bridgehead atoms. The Kier molecular flexibility index (Phi) is 5.59. The fraction of sp³-hybridized carbons (Fsp3) is 0.667. The van der Waals surface area contributed by atoms with Gasteiger partial charge in [-0.25, -0.2) is 0 Å². The van der Waals surface area contributed by atoms with Gasteiger partial charge in [0.05, 0.1) is 6.26 Å². The zero-order chi connectivity index (χ0) is 6.41. The Morgan fingerprint density at radius 1 is 1.88 bits per heavy atom. The van der Waals surface area contributed by atoms with Crippen LogP contribution >= 0.6 is 22.6 Å². The molecule has 48 valence electrons. The van der Waals surface area contributed by atoms with Crippen molar-refractivity contribution in [2.75, 3.05) is 0 Å². The Morgan fingerprint density at radius 3 is 2.88 bits per heavy atom. The van der Waals surface area contributed by atoms with E-state index in [2.05, 4.69) is 36.1 Å². The van der Waals surface area contributed by atoms with Gasteiger partial charge >= 0.3 is 0 Å². The number of hydrogen-bond acceptors (Lipinski definition) is 1. The van der Waals surface area contributed by atoms with Gasteiger partial charge in [0.1, 0.15) is 4.11 Å². The number of ether oxygens (including phenoxy) is 1. The lowest BCUT2D eigenvalue weighted by Crippen LogP contribution is -1.96. The average Bonchev–Trinajstić information content (AvgIpc) is 1.68. The van der Waals surface area contributed by atoms with Crippen molar-refractivity contribution in [3.8, 4) is 0 Å². The summed E-state index contributed by atoms with van der Waals surface area (Å²) in [6.07, 6.45) is 3.76. The summed E-state index contributed by atoms with van der Waals surface area (Å²) in [5.41, 5.74) is 0. The first-order valence-corrected chi connectivity index (χ1v) is 3.96. The smallest absolute Gasteiger partial charge is 0.148 e. The van der Waals surface area contributed by atoms with Crippen LogP contribution in [0.1, 0.15) is 19.8 Å². The van der Waals surface area contributed by atoms with E-state index >= 15 is 0 Å². The lowest BCUT2D eigenvalue weighted by molar-refractivity contribution is 0.227. The minimum absolute atomic E-state index is 0.315. The molecule has 1 unspecified atom stereocenters.